The van der Waals surface area contributed by atoms with E-state index in [9.17, 15) is 9.90 Å². The molecular weight excluding hydrogens is 206 g/mol. The summed E-state index contributed by atoms with van der Waals surface area (Å²) in [7, 11) is 1.55. The number of likely N-dealkylation sites (N-methyl/N-ethyl adjacent to an activating group) is 1. The van der Waals surface area contributed by atoms with Crippen LogP contribution in [0.25, 0.3) is 0 Å². The molecule has 0 fully saturated rings. The van der Waals surface area contributed by atoms with Crippen molar-refractivity contribution in [2.45, 2.75) is 20.0 Å². The summed E-state index contributed by atoms with van der Waals surface area (Å²) in [6.45, 7) is 3.55. The van der Waals surface area contributed by atoms with Gasteiger partial charge in [-0.2, -0.15) is 0 Å². The molecule has 16 heavy (non-hydrogen) atoms. The fourth-order valence-electron chi connectivity index (χ4n) is 1.33. The van der Waals surface area contributed by atoms with Crippen LogP contribution in [0.15, 0.2) is 18.2 Å². The Bertz CT molecular complexity index is 375. The van der Waals surface area contributed by atoms with Crippen molar-refractivity contribution in [3.63, 3.8) is 0 Å². The highest BCUT2D eigenvalue weighted by molar-refractivity contribution is 5.77. The summed E-state index contributed by atoms with van der Waals surface area (Å²) in [5.74, 6) is 0.358. The molecule has 0 saturated heterocycles. The molecule has 0 heterocycles. The number of aliphatic hydroxyl groups excluding tert-OH is 1. The Morgan fingerprint density at radius 1 is 1.56 bits per heavy atom. The molecule has 0 aliphatic rings. The number of aryl methyl sites for hydroxylation is 1. The van der Waals surface area contributed by atoms with Crippen molar-refractivity contribution in [3.8, 4) is 5.75 Å². The van der Waals surface area contributed by atoms with Crippen LogP contribution in [0, 0.1) is 6.92 Å². The van der Waals surface area contributed by atoms with Crippen molar-refractivity contribution in [2.75, 3.05) is 13.7 Å². The molecule has 4 heteroatoms. The number of carbonyl (C=O) groups is 1. The van der Waals surface area contributed by atoms with E-state index >= 15 is 0 Å². The van der Waals surface area contributed by atoms with Gasteiger partial charge in [-0.05, 0) is 25.5 Å². The van der Waals surface area contributed by atoms with Gasteiger partial charge in [0.05, 0.1) is 6.10 Å². The molecule has 0 saturated carbocycles. The van der Waals surface area contributed by atoms with Gasteiger partial charge in [0.1, 0.15) is 5.75 Å². The zero-order valence-electron chi connectivity index (χ0n) is 9.78. The van der Waals surface area contributed by atoms with E-state index in [1.165, 1.54) is 0 Å². The highest BCUT2D eigenvalue weighted by Gasteiger charge is 2.10. The second-order valence-electron chi connectivity index (χ2n) is 3.68. The number of carbonyl (C=O) groups excluding carboxylic acids is 1. The normalized spacial score (nSPS) is 12.0. The molecule has 1 aromatic carbocycles. The van der Waals surface area contributed by atoms with Gasteiger partial charge in [-0.3, -0.25) is 4.79 Å². The maximum Gasteiger partial charge on any atom is 0.257 e. The molecule has 0 aliphatic heterocycles. The van der Waals surface area contributed by atoms with Crippen molar-refractivity contribution in [2.24, 2.45) is 0 Å². The number of benzene rings is 1. The lowest BCUT2D eigenvalue weighted by Crippen LogP contribution is -2.25. The van der Waals surface area contributed by atoms with Crippen LogP contribution in [-0.2, 0) is 4.79 Å². The van der Waals surface area contributed by atoms with Crippen LogP contribution in [0.2, 0.25) is 0 Å². The summed E-state index contributed by atoms with van der Waals surface area (Å²) in [5.41, 5.74) is 1.71. The van der Waals surface area contributed by atoms with Crippen LogP contribution < -0.4 is 10.1 Å². The summed E-state index contributed by atoms with van der Waals surface area (Å²) in [6.07, 6.45) is -0.611. The summed E-state index contributed by atoms with van der Waals surface area (Å²) in [6, 6.07) is 5.51. The SMILES string of the molecule is CNC(=O)COc1cc(C)ccc1C(C)O. The summed E-state index contributed by atoms with van der Waals surface area (Å²) in [4.78, 5) is 11.1. The molecule has 4 nitrogen and oxygen atoms in total. The summed E-state index contributed by atoms with van der Waals surface area (Å²) < 4.78 is 5.36. The number of rotatable bonds is 4. The van der Waals surface area contributed by atoms with Crippen LogP contribution in [0.1, 0.15) is 24.2 Å². The first-order valence-electron chi connectivity index (χ1n) is 5.16. The van der Waals surface area contributed by atoms with Crippen molar-refractivity contribution in [1.29, 1.82) is 0 Å². The van der Waals surface area contributed by atoms with E-state index < -0.39 is 6.10 Å². The number of amides is 1. The second-order valence-corrected chi connectivity index (χ2v) is 3.68. The lowest BCUT2D eigenvalue weighted by Gasteiger charge is -2.13. The molecular formula is C12H17NO3. The van der Waals surface area contributed by atoms with Crippen LogP contribution in [-0.4, -0.2) is 24.7 Å². The van der Waals surface area contributed by atoms with Crippen molar-refractivity contribution >= 4 is 5.91 Å². The minimum absolute atomic E-state index is 0.0420. The van der Waals surface area contributed by atoms with Crippen molar-refractivity contribution in [1.82, 2.24) is 5.32 Å². The number of ether oxygens (including phenoxy) is 1. The topological polar surface area (TPSA) is 58.6 Å². The van der Waals surface area contributed by atoms with E-state index in [1.807, 2.05) is 19.1 Å². The van der Waals surface area contributed by atoms with Gasteiger partial charge in [0.2, 0.25) is 0 Å². The molecule has 0 bridgehead atoms. The van der Waals surface area contributed by atoms with E-state index in [2.05, 4.69) is 5.32 Å². The average Bonchev–Trinajstić information content (AvgIpc) is 2.25. The monoisotopic (exact) mass is 223 g/mol. The van der Waals surface area contributed by atoms with Crippen LogP contribution in [0.3, 0.4) is 0 Å². The van der Waals surface area contributed by atoms with Crippen LogP contribution >= 0.6 is 0 Å². The highest BCUT2D eigenvalue weighted by atomic mass is 16.5. The maximum absolute atomic E-state index is 11.1. The van der Waals surface area contributed by atoms with Gasteiger partial charge in [0, 0.05) is 12.6 Å². The number of hydrogen-bond donors (Lipinski definition) is 2. The Balaban J connectivity index is 2.84. The number of hydrogen-bond acceptors (Lipinski definition) is 3. The second kappa shape index (κ2) is 5.51. The van der Waals surface area contributed by atoms with Gasteiger partial charge in [0.25, 0.3) is 5.91 Å². The minimum atomic E-state index is -0.611. The van der Waals surface area contributed by atoms with E-state index in [0.717, 1.165) is 5.56 Å². The third kappa shape index (κ3) is 3.24. The fraction of sp³-hybridized carbons (Fsp3) is 0.417. The lowest BCUT2D eigenvalue weighted by atomic mass is 10.1. The predicted octanol–water partition coefficient (Wildman–Crippen LogP) is 1.17. The van der Waals surface area contributed by atoms with Crippen molar-refractivity contribution < 1.29 is 14.6 Å². The van der Waals surface area contributed by atoms with Crippen LogP contribution in [0.5, 0.6) is 5.75 Å². The summed E-state index contributed by atoms with van der Waals surface area (Å²) >= 11 is 0. The first kappa shape index (κ1) is 12.5. The number of nitrogens with one attached hydrogen (secondary N) is 1. The maximum atomic E-state index is 11.1. The first-order valence-corrected chi connectivity index (χ1v) is 5.16. The average molecular weight is 223 g/mol. The van der Waals surface area contributed by atoms with Gasteiger partial charge < -0.3 is 15.2 Å². The number of aliphatic hydroxyl groups is 1. The third-order valence-corrected chi connectivity index (χ3v) is 2.26. The minimum Gasteiger partial charge on any atom is -0.483 e. The zero-order valence-corrected chi connectivity index (χ0v) is 9.78. The van der Waals surface area contributed by atoms with E-state index in [0.29, 0.717) is 11.3 Å². The molecule has 1 aromatic rings. The molecule has 1 rings (SSSR count). The lowest BCUT2D eigenvalue weighted by molar-refractivity contribution is -0.122. The van der Waals surface area contributed by atoms with Gasteiger partial charge in [-0.15, -0.1) is 0 Å². The molecule has 0 aliphatic carbocycles. The third-order valence-electron chi connectivity index (χ3n) is 2.26. The molecule has 1 unspecified atom stereocenters. The summed E-state index contributed by atoms with van der Waals surface area (Å²) in [5, 5.41) is 12.0. The van der Waals surface area contributed by atoms with Gasteiger partial charge >= 0.3 is 0 Å². The molecule has 0 spiro atoms. The fourth-order valence-corrected chi connectivity index (χ4v) is 1.33. The highest BCUT2D eigenvalue weighted by Crippen LogP contribution is 2.26. The molecule has 0 radical (unpaired) electrons. The Labute approximate surface area is 95.2 Å². The first-order chi connectivity index (χ1) is 7.54. The molecule has 1 amide bonds. The molecule has 0 aromatic heterocycles. The van der Waals surface area contributed by atoms with Crippen LogP contribution in [0.4, 0.5) is 0 Å². The van der Waals surface area contributed by atoms with Gasteiger partial charge in [-0.25, -0.2) is 0 Å². The van der Waals surface area contributed by atoms with Gasteiger partial charge in [-0.1, -0.05) is 12.1 Å². The van der Waals surface area contributed by atoms with E-state index in [4.69, 9.17) is 4.74 Å². The standard InChI is InChI=1S/C12H17NO3/c1-8-4-5-10(9(2)14)11(6-8)16-7-12(15)13-3/h4-6,9,14H,7H2,1-3H3,(H,13,15). The Morgan fingerprint density at radius 3 is 2.81 bits per heavy atom. The Kier molecular flexibility index (Phi) is 4.31. The van der Waals surface area contributed by atoms with Crippen molar-refractivity contribution in [3.05, 3.63) is 29.3 Å². The van der Waals surface area contributed by atoms with E-state index in [1.54, 1.807) is 20.0 Å². The van der Waals surface area contributed by atoms with E-state index in [-0.39, 0.29) is 12.5 Å². The zero-order chi connectivity index (χ0) is 12.1. The molecule has 88 valence electrons. The predicted molar refractivity (Wildman–Crippen MR) is 61.4 cm³/mol. The van der Waals surface area contributed by atoms with Gasteiger partial charge in [0.15, 0.2) is 6.61 Å². The molecule has 2 N–H and O–H groups in total. The quantitative estimate of drug-likeness (QED) is 0.805. The smallest absolute Gasteiger partial charge is 0.257 e. The Hall–Kier alpha value is -1.55. The largest absolute Gasteiger partial charge is 0.483 e. The molecule has 1 atom stereocenters. The Morgan fingerprint density at radius 2 is 2.25 bits per heavy atom.